The Hall–Kier alpha value is -3.66. The molecule has 0 fully saturated rings. The van der Waals surface area contributed by atoms with Crippen LogP contribution in [0.5, 0.6) is 5.75 Å². The predicted molar refractivity (Wildman–Crippen MR) is 122 cm³/mol. The van der Waals surface area contributed by atoms with E-state index >= 15 is 0 Å². The van der Waals surface area contributed by atoms with E-state index in [-0.39, 0.29) is 23.0 Å². The highest BCUT2D eigenvalue weighted by atomic mass is 32.2. The zero-order chi connectivity index (χ0) is 22.7. The minimum Gasteiger partial charge on any atom is -0.496 e. The number of benzene rings is 2. The fraction of sp³-hybridized carbons (Fsp3) is 0.0909. The van der Waals surface area contributed by atoms with Crippen molar-refractivity contribution in [2.45, 2.75) is 6.42 Å². The van der Waals surface area contributed by atoms with Gasteiger partial charge in [-0.1, -0.05) is 6.08 Å². The van der Waals surface area contributed by atoms with Gasteiger partial charge in [-0.3, -0.25) is 0 Å². The number of nitrogens with two attached hydrogens (primary N) is 1. The molecule has 6 nitrogen and oxygen atoms in total. The van der Waals surface area contributed by atoms with Crippen LogP contribution >= 0.6 is 10.7 Å². The second-order valence-electron chi connectivity index (χ2n) is 6.69. The molecule has 0 radical (unpaired) electrons. The Morgan fingerprint density at radius 3 is 2.69 bits per heavy atom. The van der Waals surface area contributed by atoms with E-state index in [4.69, 9.17) is 10.5 Å². The van der Waals surface area contributed by atoms with Crippen molar-refractivity contribution < 1.29 is 17.9 Å². The fourth-order valence-electron chi connectivity index (χ4n) is 2.94. The summed E-state index contributed by atoms with van der Waals surface area (Å²) in [7, 11) is 0.793. The molecule has 0 spiro atoms. The number of anilines is 2. The van der Waals surface area contributed by atoms with Crippen LogP contribution in [0.25, 0.3) is 11.3 Å². The topological polar surface area (TPSA) is 85.4 Å². The highest BCUT2D eigenvalue weighted by Gasteiger charge is 2.16. The average Bonchev–Trinajstić information content (AvgIpc) is 3.60. The lowest BCUT2D eigenvalue weighted by Crippen LogP contribution is -2.02. The van der Waals surface area contributed by atoms with Crippen LogP contribution in [0, 0.1) is 17.5 Å². The number of halogens is 3. The number of aromatic nitrogens is 2. The molecule has 1 unspecified atom stereocenters. The lowest BCUT2D eigenvalue weighted by Gasteiger charge is -2.11. The Morgan fingerprint density at radius 2 is 1.97 bits per heavy atom. The van der Waals surface area contributed by atoms with Crippen molar-refractivity contribution in [1.29, 1.82) is 0 Å². The van der Waals surface area contributed by atoms with Crippen molar-refractivity contribution in [3.8, 4) is 17.0 Å². The Bertz CT molecular complexity index is 1280. The summed E-state index contributed by atoms with van der Waals surface area (Å²) < 4.78 is 51.5. The van der Waals surface area contributed by atoms with Crippen LogP contribution in [0.2, 0.25) is 0 Å². The Balaban J connectivity index is 1.67. The summed E-state index contributed by atoms with van der Waals surface area (Å²) in [5, 5.41) is 4.70. The van der Waals surface area contributed by atoms with Crippen LogP contribution in [0.1, 0.15) is 12.0 Å². The molecule has 1 atom stereocenters. The molecular weight excluding hydrogens is 439 g/mol. The molecule has 164 valence electrons. The molecule has 0 bridgehead atoms. The van der Waals surface area contributed by atoms with E-state index in [0.717, 1.165) is 23.6 Å². The zero-order valence-electron chi connectivity index (χ0n) is 16.8. The Kier molecular flexibility index (Phi) is 6.22. The largest absolute Gasteiger partial charge is 0.496 e. The molecule has 1 aliphatic rings. The number of ether oxygens (including phenoxy) is 1. The number of allylic oxidation sites excluding steroid dienone is 2. The number of nitrogens with zero attached hydrogens (tertiary/aromatic N) is 3. The van der Waals surface area contributed by atoms with Crippen molar-refractivity contribution in [3.05, 3.63) is 76.6 Å². The van der Waals surface area contributed by atoms with E-state index in [0.29, 0.717) is 11.3 Å². The maximum absolute atomic E-state index is 14.4. The van der Waals surface area contributed by atoms with Gasteiger partial charge in [-0.05, 0) is 58.4 Å². The molecule has 0 aliphatic heterocycles. The number of rotatable bonds is 7. The van der Waals surface area contributed by atoms with Crippen molar-refractivity contribution in [1.82, 2.24) is 9.97 Å². The Labute approximate surface area is 184 Å². The van der Waals surface area contributed by atoms with E-state index in [1.165, 1.54) is 37.7 Å². The van der Waals surface area contributed by atoms with E-state index in [1.54, 1.807) is 6.07 Å². The maximum atomic E-state index is 14.4. The monoisotopic (exact) mass is 457 g/mol. The summed E-state index contributed by atoms with van der Waals surface area (Å²) in [5.41, 5.74) is 6.55. The molecule has 3 aromatic rings. The van der Waals surface area contributed by atoms with Gasteiger partial charge in [-0.25, -0.2) is 27.5 Å². The Morgan fingerprint density at radius 1 is 1.16 bits per heavy atom. The van der Waals surface area contributed by atoms with Gasteiger partial charge in [-0.2, -0.15) is 0 Å². The van der Waals surface area contributed by atoms with E-state index in [9.17, 15) is 13.2 Å². The van der Waals surface area contributed by atoms with Gasteiger partial charge < -0.3 is 15.8 Å². The summed E-state index contributed by atoms with van der Waals surface area (Å²) in [6.45, 7) is 0. The van der Waals surface area contributed by atoms with Gasteiger partial charge in [0, 0.05) is 22.2 Å². The third-order valence-corrected chi connectivity index (χ3v) is 6.12. The first-order valence-electron chi connectivity index (χ1n) is 9.42. The standard InChI is InChI=1S/C22H18F3N5OS/c1-31-20-9-14(23)2-5-18(20)21-19(25)10-27-22(30-21)29-16-7-13(6-15(24)8-16)11-32(28-12-26)17-3-4-17/h2-3,5-12H,4H2,1H3,(H2,26,28)(H,27,29,30). The molecule has 4 rings (SSSR count). The van der Waals surface area contributed by atoms with Crippen LogP contribution in [0.15, 0.2) is 58.0 Å². The smallest absolute Gasteiger partial charge is 0.227 e. The molecule has 0 saturated heterocycles. The van der Waals surface area contributed by atoms with Crippen LogP contribution in [-0.4, -0.2) is 28.8 Å². The van der Waals surface area contributed by atoms with E-state index in [1.807, 2.05) is 11.4 Å². The quantitative estimate of drug-likeness (QED) is 0.299. The van der Waals surface area contributed by atoms with Crippen LogP contribution in [-0.2, 0) is 0 Å². The summed E-state index contributed by atoms with van der Waals surface area (Å²) in [4.78, 5) is 9.24. The lowest BCUT2D eigenvalue weighted by atomic mass is 10.1. The number of methoxy groups -OCH3 is 1. The molecule has 10 heteroatoms. The van der Waals surface area contributed by atoms with Crippen LogP contribution in [0.3, 0.4) is 0 Å². The summed E-state index contributed by atoms with van der Waals surface area (Å²) in [6, 6.07) is 8.02. The highest BCUT2D eigenvalue weighted by molar-refractivity contribution is 8.17. The third-order valence-electron chi connectivity index (χ3n) is 4.40. The minimum atomic E-state index is -0.713. The van der Waals surface area contributed by atoms with E-state index < -0.39 is 28.1 Å². The molecule has 32 heavy (non-hydrogen) atoms. The molecule has 1 aliphatic carbocycles. The van der Waals surface area contributed by atoms with Gasteiger partial charge in [0.2, 0.25) is 5.95 Å². The first kappa shape index (κ1) is 21.6. The lowest BCUT2D eigenvalue weighted by molar-refractivity contribution is 0.412. The highest BCUT2D eigenvalue weighted by Crippen LogP contribution is 2.39. The van der Waals surface area contributed by atoms with Gasteiger partial charge in [0.1, 0.15) is 23.1 Å². The second kappa shape index (κ2) is 9.23. The van der Waals surface area contributed by atoms with Gasteiger partial charge in [0.05, 0.1) is 19.6 Å². The maximum Gasteiger partial charge on any atom is 0.227 e. The third kappa shape index (κ3) is 4.97. The number of nitrogens with one attached hydrogen (secondary N) is 1. The summed E-state index contributed by atoms with van der Waals surface area (Å²) in [6.07, 6.45) is 5.10. The fourth-order valence-corrected chi connectivity index (χ4v) is 4.24. The number of hydrogen-bond donors (Lipinski definition) is 2. The summed E-state index contributed by atoms with van der Waals surface area (Å²) >= 11 is 0. The van der Waals surface area contributed by atoms with Gasteiger partial charge in [0.15, 0.2) is 5.82 Å². The average molecular weight is 457 g/mol. The summed E-state index contributed by atoms with van der Waals surface area (Å²) in [5.74, 6) is -1.56. The molecule has 3 N–H and O–H groups in total. The van der Waals surface area contributed by atoms with Crippen LogP contribution < -0.4 is 15.8 Å². The first-order chi connectivity index (χ1) is 15.5. The molecule has 0 amide bonds. The van der Waals surface area contributed by atoms with Crippen molar-refractivity contribution in [3.63, 3.8) is 0 Å². The molecule has 1 heterocycles. The van der Waals surface area contributed by atoms with E-state index in [2.05, 4.69) is 19.7 Å². The second-order valence-corrected chi connectivity index (χ2v) is 8.29. The van der Waals surface area contributed by atoms with Crippen molar-refractivity contribution in [2.24, 2.45) is 10.1 Å². The normalized spacial score (nSPS) is 13.8. The molecular formula is C22H18F3N5OS. The SMILES string of the molecule is COc1cc(F)ccc1-c1nc(Nc2cc(F)cc(/C=S(\N=CN)C3=CC3)c2)ncc1F. The molecule has 1 aromatic heterocycles. The number of hydrogen-bond acceptors (Lipinski definition) is 5. The van der Waals surface area contributed by atoms with Crippen molar-refractivity contribution in [2.75, 3.05) is 12.4 Å². The molecule has 0 saturated carbocycles. The first-order valence-corrected chi connectivity index (χ1v) is 10.7. The van der Waals surface area contributed by atoms with Crippen LogP contribution in [0.4, 0.5) is 24.8 Å². The predicted octanol–water partition coefficient (Wildman–Crippen LogP) is 4.92. The van der Waals surface area contributed by atoms with Crippen molar-refractivity contribution >= 4 is 34.0 Å². The molecule has 2 aromatic carbocycles. The zero-order valence-corrected chi connectivity index (χ0v) is 17.7. The van der Waals surface area contributed by atoms with Gasteiger partial charge in [-0.15, -0.1) is 0 Å². The van der Waals surface area contributed by atoms with Gasteiger partial charge >= 0.3 is 0 Å². The van der Waals surface area contributed by atoms with Gasteiger partial charge in [0.25, 0.3) is 0 Å². The minimum absolute atomic E-state index is 0.0354.